The number of hydrogen-bond acceptors (Lipinski definition) is 1. The highest BCUT2D eigenvalue weighted by Gasteiger charge is 2.43. The Labute approximate surface area is 303 Å². The minimum Gasteiger partial charge on any atom is -0.309 e. The third-order valence-corrected chi connectivity index (χ3v) is 15.0. The van der Waals surface area contributed by atoms with Crippen molar-refractivity contribution in [1.82, 2.24) is 4.57 Å². The van der Waals surface area contributed by atoms with Crippen molar-refractivity contribution in [3.8, 4) is 39.1 Å². The van der Waals surface area contributed by atoms with Crippen molar-refractivity contribution in [3.05, 3.63) is 181 Å². The number of para-hydroxylation sites is 1. The van der Waals surface area contributed by atoms with E-state index in [1.165, 1.54) is 49.5 Å². The Morgan fingerprint density at radius 1 is 0.500 bits per heavy atom. The number of rotatable bonds is 3. The predicted octanol–water partition coefficient (Wildman–Crippen LogP) is 11.5. The lowest BCUT2D eigenvalue weighted by molar-refractivity contribution is 0.593. The van der Waals surface area contributed by atoms with Gasteiger partial charge in [0.05, 0.1) is 16.3 Å². The summed E-state index contributed by atoms with van der Waals surface area (Å²) >= 11 is 0. The molecule has 0 fully saturated rings. The van der Waals surface area contributed by atoms with Gasteiger partial charge in [0.15, 0.2) is 7.14 Å². The van der Waals surface area contributed by atoms with E-state index in [9.17, 15) is 0 Å². The zero-order valence-corrected chi connectivity index (χ0v) is 29.9. The van der Waals surface area contributed by atoms with E-state index in [0.29, 0.717) is 0 Å². The summed E-state index contributed by atoms with van der Waals surface area (Å²) < 4.78 is 18.4. The first-order valence-corrected chi connectivity index (χ1v) is 19.8. The van der Waals surface area contributed by atoms with Crippen LogP contribution in [-0.4, -0.2) is 4.57 Å². The maximum absolute atomic E-state index is 16.0. The van der Waals surface area contributed by atoms with Crippen LogP contribution in [-0.2, 0) is 9.98 Å². The smallest absolute Gasteiger partial charge is 0.174 e. The van der Waals surface area contributed by atoms with Gasteiger partial charge in [-0.25, -0.2) is 0 Å². The topological polar surface area (TPSA) is 22.0 Å². The Morgan fingerprint density at radius 2 is 1.15 bits per heavy atom. The van der Waals surface area contributed by atoms with Gasteiger partial charge in [-0.1, -0.05) is 159 Å². The highest BCUT2D eigenvalue weighted by molar-refractivity contribution is 7.86. The van der Waals surface area contributed by atoms with Crippen molar-refractivity contribution in [3.63, 3.8) is 0 Å². The van der Waals surface area contributed by atoms with Crippen LogP contribution < -0.4 is 15.9 Å². The molecule has 9 aromatic rings. The first-order chi connectivity index (χ1) is 25.4. The van der Waals surface area contributed by atoms with Crippen molar-refractivity contribution < 1.29 is 4.57 Å². The van der Waals surface area contributed by atoms with Crippen molar-refractivity contribution >= 4 is 55.6 Å². The van der Waals surface area contributed by atoms with Gasteiger partial charge in [-0.15, -0.1) is 0 Å². The summed E-state index contributed by atoms with van der Waals surface area (Å²) in [6.07, 6.45) is 0. The molecule has 1 aromatic heterocycles. The van der Waals surface area contributed by atoms with E-state index in [4.69, 9.17) is 0 Å². The summed E-state index contributed by atoms with van der Waals surface area (Å²) in [4.78, 5) is 0. The van der Waals surface area contributed by atoms with Crippen molar-refractivity contribution in [2.75, 3.05) is 0 Å². The van der Waals surface area contributed by atoms with Crippen LogP contribution in [0.4, 0.5) is 0 Å². The number of nitrogens with zero attached hydrogens (tertiary/aromatic N) is 1. The van der Waals surface area contributed by atoms with Gasteiger partial charge in [0, 0.05) is 32.5 Å². The molecule has 2 nitrogen and oxygen atoms in total. The molecule has 8 aromatic carbocycles. The molecule has 0 N–H and O–H groups in total. The van der Waals surface area contributed by atoms with Crippen LogP contribution >= 0.6 is 7.14 Å². The Morgan fingerprint density at radius 3 is 2.02 bits per heavy atom. The van der Waals surface area contributed by atoms with E-state index in [0.717, 1.165) is 49.1 Å². The van der Waals surface area contributed by atoms with Crippen LogP contribution in [0.3, 0.4) is 0 Å². The van der Waals surface area contributed by atoms with Gasteiger partial charge in [-0.2, -0.15) is 0 Å². The van der Waals surface area contributed by atoms with Crippen LogP contribution in [0.15, 0.2) is 170 Å². The molecule has 246 valence electrons. The average molecular weight is 684 g/mol. The second kappa shape index (κ2) is 10.5. The quantitative estimate of drug-likeness (QED) is 0.170. The molecule has 1 aliphatic heterocycles. The maximum atomic E-state index is 16.0. The van der Waals surface area contributed by atoms with Crippen molar-refractivity contribution in [1.29, 1.82) is 0 Å². The standard InChI is InChI=1S/C49H34NOP/c1-49(2)43-29-32(36-20-12-14-31-13-6-7-17-35(31)36)23-25-37(43)38-26-24-33(30-44(38)49)50-45-21-10-8-18-39(45)41-27-28-42-40-19-9-11-22-46(40)52(51,48(42)47(41)50)34-15-4-3-5-16-34/h3-30H,1-2H3. The van der Waals surface area contributed by atoms with E-state index < -0.39 is 7.14 Å². The molecule has 0 saturated heterocycles. The Kier molecular flexibility index (Phi) is 6.03. The number of aromatic nitrogens is 1. The van der Waals surface area contributed by atoms with E-state index in [1.807, 2.05) is 36.4 Å². The molecule has 0 saturated carbocycles. The van der Waals surface area contributed by atoms with Crippen LogP contribution in [0.2, 0.25) is 0 Å². The molecule has 2 heterocycles. The van der Waals surface area contributed by atoms with Crippen molar-refractivity contribution in [2.45, 2.75) is 19.3 Å². The molecule has 11 rings (SSSR count). The monoisotopic (exact) mass is 683 g/mol. The SMILES string of the molecule is CC1(C)c2cc(-c3cccc4ccccc34)ccc2-c2ccc(-n3c4ccccc4c4ccc5c(c43)P(=O)(c3ccccc3)c3ccccc3-5)cc21. The molecule has 1 aliphatic carbocycles. The second-order valence-electron chi connectivity index (χ2n) is 14.8. The van der Waals surface area contributed by atoms with Crippen LogP contribution in [0.1, 0.15) is 25.0 Å². The Bertz CT molecular complexity index is 3020. The van der Waals surface area contributed by atoms with Gasteiger partial charge in [-0.3, -0.25) is 0 Å². The molecule has 3 heteroatoms. The summed E-state index contributed by atoms with van der Waals surface area (Å²) in [5.41, 5.74) is 12.9. The van der Waals surface area contributed by atoms with Crippen molar-refractivity contribution in [2.24, 2.45) is 0 Å². The Hall–Kier alpha value is -5.95. The number of benzene rings is 8. The van der Waals surface area contributed by atoms with Gasteiger partial charge in [-0.05, 0) is 79.5 Å². The first kappa shape index (κ1) is 29.7. The zero-order chi connectivity index (χ0) is 34.8. The Balaban J connectivity index is 1.15. The molecule has 0 amide bonds. The highest BCUT2D eigenvalue weighted by atomic mass is 31.2. The maximum Gasteiger partial charge on any atom is 0.174 e. The largest absolute Gasteiger partial charge is 0.309 e. The minimum absolute atomic E-state index is 0.225. The molecule has 1 atom stereocenters. The zero-order valence-electron chi connectivity index (χ0n) is 29.0. The summed E-state index contributed by atoms with van der Waals surface area (Å²) in [6.45, 7) is 4.72. The molecule has 0 radical (unpaired) electrons. The average Bonchev–Trinajstić information content (AvgIpc) is 3.75. The van der Waals surface area contributed by atoms with E-state index in [-0.39, 0.29) is 5.41 Å². The van der Waals surface area contributed by atoms with E-state index >= 15 is 4.57 Å². The molecule has 52 heavy (non-hydrogen) atoms. The summed E-state index contributed by atoms with van der Waals surface area (Å²) in [7, 11) is -3.21. The van der Waals surface area contributed by atoms with Gasteiger partial charge in [0.25, 0.3) is 0 Å². The van der Waals surface area contributed by atoms with E-state index in [2.05, 4.69) is 152 Å². The van der Waals surface area contributed by atoms with Gasteiger partial charge in [0.1, 0.15) is 0 Å². The number of hydrogen-bond donors (Lipinski definition) is 0. The first-order valence-electron chi connectivity index (χ1n) is 18.0. The molecular formula is C49H34NOP. The highest BCUT2D eigenvalue weighted by Crippen LogP contribution is 2.56. The third kappa shape index (κ3) is 3.83. The third-order valence-electron chi connectivity index (χ3n) is 11.8. The summed E-state index contributed by atoms with van der Waals surface area (Å²) in [5.74, 6) is 0. The molecule has 2 aliphatic rings. The number of fused-ring (bicyclic) bond motifs is 11. The van der Waals surface area contributed by atoms with Crippen LogP contribution in [0, 0.1) is 0 Å². The molecule has 0 spiro atoms. The molecular weight excluding hydrogens is 650 g/mol. The predicted molar refractivity (Wildman–Crippen MR) is 220 cm³/mol. The normalized spacial score (nSPS) is 16.6. The van der Waals surface area contributed by atoms with Crippen LogP contribution in [0.25, 0.3) is 71.6 Å². The van der Waals surface area contributed by atoms with Crippen LogP contribution in [0.5, 0.6) is 0 Å². The minimum atomic E-state index is -3.21. The van der Waals surface area contributed by atoms with Gasteiger partial charge in [0.2, 0.25) is 0 Å². The fourth-order valence-corrected chi connectivity index (χ4v) is 12.6. The lowest BCUT2D eigenvalue weighted by Gasteiger charge is -2.23. The fourth-order valence-electron chi connectivity index (χ4n) is 9.36. The van der Waals surface area contributed by atoms with Gasteiger partial charge >= 0.3 is 0 Å². The summed E-state index contributed by atoms with van der Waals surface area (Å²) in [6, 6.07) is 60.7. The lowest BCUT2D eigenvalue weighted by Crippen LogP contribution is -2.22. The molecule has 1 unspecified atom stereocenters. The summed E-state index contributed by atoms with van der Waals surface area (Å²) in [5, 5.41) is 7.56. The van der Waals surface area contributed by atoms with Gasteiger partial charge < -0.3 is 9.13 Å². The lowest BCUT2D eigenvalue weighted by atomic mass is 9.81. The fraction of sp³-hybridized carbons (Fsp3) is 0.0612. The molecule has 0 bridgehead atoms. The second-order valence-corrected chi connectivity index (χ2v) is 17.5. The van der Waals surface area contributed by atoms with E-state index in [1.54, 1.807) is 0 Å².